The third-order valence-corrected chi connectivity index (χ3v) is 8.57. The number of aromatic nitrogens is 3. The molecule has 0 radical (unpaired) electrons. The van der Waals surface area contributed by atoms with Crippen molar-refractivity contribution in [2.24, 2.45) is 16.9 Å². The number of nitrogens with two attached hydrogens (primary N) is 3. The molecule has 1 amide bonds. The number of imidazole rings is 1. The largest absolute Gasteiger partial charge is 0.382 e. The van der Waals surface area contributed by atoms with Crippen LogP contribution in [0.15, 0.2) is 40.5 Å². The molecule has 33 heavy (non-hydrogen) atoms. The van der Waals surface area contributed by atoms with Gasteiger partial charge in [0.1, 0.15) is 11.6 Å². The summed E-state index contributed by atoms with van der Waals surface area (Å²) >= 11 is 7.65. The molecule has 0 unspecified atom stereocenters. The summed E-state index contributed by atoms with van der Waals surface area (Å²) in [7, 11) is 0. The first-order valence-corrected chi connectivity index (χ1v) is 12.0. The molecule has 2 saturated heterocycles. The van der Waals surface area contributed by atoms with Gasteiger partial charge in [0.2, 0.25) is 5.91 Å². The highest BCUT2D eigenvalue weighted by molar-refractivity contribution is 7.99. The number of hydrogen-bond donors (Lipinski definition) is 3. The van der Waals surface area contributed by atoms with Gasteiger partial charge in [0.15, 0.2) is 5.65 Å². The van der Waals surface area contributed by atoms with Crippen LogP contribution in [0.25, 0.3) is 5.65 Å². The van der Waals surface area contributed by atoms with E-state index in [1.54, 1.807) is 18.5 Å². The Morgan fingerprint density at radius 1 is 1.30 bits per heavy atom. The van der Waals surface area contributed by atoms with E-state index < -0.39 is 5.91 Å². The van der Waals surface area contributed by atoms with Gasteiger partial charge >= 0.3 is 0 Å². The van der Waals surface area contributed by atoms with Gasteiger partial charge in [0, 0.05) is 48.0 Å². The minimum atomic E-state index is -0.532. The Morgan fingerprint density at radius 3 is 2.73 bits per heavy atom. The van der Waals surface area contributed by atoms with E-state index in [0.717, 1.165) is 31.7 Å². The number of ether oxygens (including phenoxy) is 1. The molecule has 11 heteroatoms. The molecular formula is C22H26ClN7O2S. The van der Waals surface area contributed by atoms with Crippen LogP contribution in [0.1, 0.15) is 30.1 Å². The van der Waals surface area contributed by atoms with Crippen molar-refractivity contribution in [3.63, 3.8) is 0 Å². The summed E-state index contributed by atoms with van der Waals surface area (Å²) in [5.74, 6) is 0.566. The van der Waals surface area contributed by atoms with E-state index in [1.165, 1.54) is 11.8 Å². The summed E-state index contributed by atoms with van der Waals surface area (Å²) in [6.07, 6.45) is 7.09. The molecule has 3 aromatic rings. The van der Waals surface area contributed by atoms with Crippen LogP contribution in [0.4, 0.5) is 11.6 Å². The quantitative estimate of drug-likeness (QED) is 0.510. The second-order valence-corrected chi connectivity index (χ2v) is 10.2. The number of nitrogens with zero attached hydrogens (tertiary/aromatic N) is 4. The summed E-state index contributed by atoms with van der Waals surface area (Å²) in [6, 6.07) is 3.62. The third kappa shape index (κ3) is 3.71. The number of anilines is 2. The summed E-state index contributed by atoms with van der Waals surface area (Å²) in [5, 5.41) is 0.331. The SMILES string of the molecule is C[C@@H]1OCC2(CCN(c3cc(C(N)=O)c(Sc4ccnc(N)c4Cl)c4nccn34)CC2)[C@@H]1N. The van der Waals surface area contributed by atoms with Crippen molar-refractivity contribution < 1.29 is 9.53 Å². The summed E-state index contributed by atoms with van der Waals surface area (Å²) in [4.78, 5) is 24.6. The third-order valence-electron chi connectivity index (χ3n) is 6.90. The van der Waals surface area contributed by atoms with Crippen LogP contribution >= 0.6 is 23.4 Å². The molecule has 5 heterocycles. The van der Waals surface area contributed by atoms with Crippen LogP contribution < -0.4 is 22.1 Å². The number of fused-ring (bicyclic) bond motifs is 1. The molecule has 2 fully saturated rings. The van der Waals surface area contributed by atoms with Crippen molar-refractivity contribution in [2.45, 2.75) is 41.7 Å². The van der Waals surface area contributed by atoms with E-state index in [1.807, 2.05) is 23.6 Å². The second kappa shape index (κ2) is 8.35. The summed E-state index contributed by atoms with van der Waals surface area (Å²) < 4.78 is 7.84. The van der Waals surface area contributed by atoms with Gasteiger partial charge in [-0.2, -0.15) is 0 Å². The topological polar surface area (TPSA) is 138 Å². The number of primary amides is 1. The maximum Gasteiger partial charge on any atom is 0.250 e. The number of nitrogen functional groups attached to an aromatic ring is 1. The Morgan fingerprint density at radius 2 is 2.06 bits per heavy atom. The zero-order valence-corrected chi connectivity index (χ0v) is 19.8. The second-order valence-electron chi connectivity index (χ2n) is 8.73. The maximum atomic E-state index is 12.5. The number of rotatable bonds is 4. The number of piperidine rings is 1. The van der Waals surface area contributed by atoms with Crippen LogP contribution in [0.2, 0.25) is 5.02 Å². The lowest BCUT2D eigenvalue weighted by Crippen LogP contribution is -2.51. The lowest BCUT2D eigenvalue weighted by molar-refractivity contribution is 0.0974. The average Bonchev–Trinajstić information content (AvgIpc) is 3.39. The van der Waals surface area contributed by atoms with Crippen molar-refractivity contribution in [1.29, 1.82) is 0 Å². The van der Waals surface area contributed by atoms with Gasteiger partial charge in [-0.3, -0.25) is 9.20 Å². The molecule has 2 aliphatic rings. The normalized spacial score (nSPS) is 22.3. The first-order chi connectivity index (χ1) is 15.8. The summed E-state index contributed by atoms with van der Waals surface area (Å²) in [6.45, 7) is 4.34. The maximum absolute atomic E-state index is 12.5. The van der Waals surface area contributed by atoms with E-state index in [-0.39, 0.29) is 23.4 Å². The van der Waals surface area contributed by atoms with E-state index in [0.29, 0.717) is 32.6 Å². The molecule has 174 valence electrons. The first-order valence-electron chi connectivity index (χ1n) is 10.8. The molecule has 6 N–H and O–H groups in total. The number of carbonyl (C=O) groups excluding carboxylic acids is 1. The standard InChI is InChI=1S/C22H26ClN7O2S/c1-12-18(24)22(11-32-12)3-7-29(8-4-22)15-10-13(20(26)31)17(21-28-6-9-30(15)21)33-14-2-5-27-19(25)16(14)23/h2,5-6,9-10,12,18H,3-4,7-8,11,24H2,1H3,(H2,25,27)(H2,26,31)/t12-,18+/m0/s1. The van der Waals surface area contributed by atoms with E-state index in [9.17, 15) is 4.79 Å². The molecule has 2 atom stereocenters. The predicted octanol–water partition coefficient (Wildman–Crippen LogP) is 2.55. The molecular weight excluding hydrogens is 462 g/mol. The molecule has 3 aromatic heterocycles. The van der Waals surface area contributed by atoms with Crippen molar-refractivity contribution in [2.75, 3.05) is 30.3 Å². The van der Waals surface area contributed by atoms with Gasteiger partial charge in [-0.15, -0.1) is 0 Å². The smallest absolute Gasteiger partial charge is 0.250 e. The van der Waals surface area contributed by atoms with Crippen molar-refractivity contribution in [1.82, 2.24) is 14.4 Å². The fourth-order valence-electron chi connectivity index (χ4n) is 4.85. The van der Waals surface area contributed by atoms with Gasteiger partial charge in [-0.05, 0) is 31.9 Å². The summed E-state index contributed by atoms with van der Waals surface area (Å²) in [5.41, 5.74) is 19.2. The van der Waals surface area contributed by atoms with Gasteiger partial charge < -0.3 is 26.8 Å². The zero-order chi connectivity index (χ0) is 23.3. The molecule has 0 aliphatic carbocycles. The van der Waals surface area contributed by atoms with Gasteiger partial charge in [-0.25, -0.2) is 9.97 Å². The fourth-order valence-corrected chi connectivity index (χ4v) is 6.13. The zero-order valence-electron chi connectivity index (χ0n) is 18.2. The highest BCUT2D eigenvalue weighted by Gasteiger charge is 2.47. The minimum Gasteiger partial charge on any atom is -0.382 e. The number of pyridine rings is 2. The molecule has 1 spiro atoms. The van der Waals surface area contributed by atoms with E-state index in [2.05, 4.69) is 14.9 Å². The first kappa shape index (κ1) is 22.3. The molecule has 9 nitrogen and oxygen atoms in total. The Labute approximate surface area is 200 Å². The van der Waals surface area contributed by atoms with Crippen LogP contribution in [0, 0.1) is 5.41 Å². The van der Waals surface area contributed by atoms with Crippen molar-refractivity contribution >= 4 is 46.6 Å². The predicted molar refractivity (Wildman–Crippen MR) is 129 cm³/mol. The molecule has 0 bridgehead atoms. The number of amides is 1. The van der Waals surface area contributed by atoms with E-state index in [4.69, 9.17) is 33.5 Å². The molecule has 0 aromatic carbocycles. The van der Waals surface area contributed by atoms with Crippen molar-refractivity contribution in [3.8, 4) is 0 Å². The lowest BCUT2D eigenvalue weighted by atomic mass is 9.73. The van der Waals surface area contributed by atoms with Gasteiger partial charge in [0.25, 0.3) is 0 Å². The Balaban J connectivity index is 1.52. The molecule has 5 rings (SSSR count). The average molecular weight is 488 g/mol. The number of carbonyl (C=O) groups is 1. The Bertz CT molecular complexity index is 1220. The lowest BCUT2D eigenvalue weighted by Gasteiger charge is -2.42. The van der Waals surface area contributed by atoms with Gasteiger partial charge in [0.05, 0.1) is 28.2 Å². The Hall–Kier alpha value is -2.53. The highest BCUT2D eigenvalue weighted by atomic mass is 35.5. The van der Waals surface area contributed by atoms with Crippen LogP contribution in [-0.2, 0) is 4.74 Å². The fraction of sp³-hybridized carbons (Fsp3) is 0.409. The van der Waals surface area contributed by atoms with Crippen LogP contribution in [0.5, 0.6) is 0 Å². The monoisotopic (exact) mass is 487 g/mol. The molecule has 0 saturated carbocycles. The molecule has 2 aliphatic heterocycles. The van der Waals surface area contributed by atoms with E-state index >= 15 is 0 Å². The number of hydrogen-bond acceptors (Lipinski definition) is 8. The Kier molecular flexibility index (Phi) is 5.64. The van der Waals surface area contributed by atoms with Crippen LogP contribution in [-0.4, -0.2) is 52.1 Å². The van der Waals surface area contributed by atoms with Crippen LogP contribution in [0.3, 0.4) is 0 Å². The number of halogens is 1. The van der Waals surface area contributed by atoms with Gasteiger partial charge in [-0.1, -0.05) is 23.4 Å². The van der Waals surface area contributed by atoms with Crippen molar-refractivity contribution in [3.05, 3.63) is 41.3 Å². The minimum absolute atomic E-state index is 0.00427. The highest BCUT2D eigenvalue weighted by Crippen LogP contribution is 2.44.